The summed E-state index contributed by atoms with van der Waals surface area (Å²) in [5, 5.41) is 2.89. The minimum atomic E-state index is -0.961. The van der Waals surface area contributed by atoms with E-state index in [0.29, 0.717) is 16.7 Å². The Labute approximate surface area is 135 Å². The van der Waals surface area contributed by atoms with Crippen LogP contribution in [0.25, 0.3) is 0 Å². The van der Waals surface area contributed by atoms with Gasteiger partial charge in [-0.05, 0) is 18.3 Å². The average molecular weight is 321 g/mol. The van der Waals surface area contributed by atoms with E-state index >= 15 is 0 Å². The number of hydrogen-bond donors (Lipinski definition) is 1. The molecular formula is C16H23N3O4. The van der Waals surface area contributed by atoms with Crippen molar-refractivity contribution in [2.24, 2.45) is 11.8 Å². The summed E-state index contributed by atoms with van der Waals surface area (Å²) in [7, 11) is 0. The molecule has 7 nitrogen and oxygen atoms in total. The van der Waals surface area contributed by atoms with Crippen molar-refractivity contribution in [3.63, 3.8) is 0 Å². The van der Waals surface area contributed by atoms with Gasteiger partial charge in [-0.3, -0.25) is 19.3 Å². The molecule has 2 rings (SSSR count). The molecule has 3 atom stereocenters. The van der Waals surface area contributed by atoms with E-state index < -0.39 is 30.3 Å². The van der Waals surface area contributed by atoms with Crippen LogP contribution in [-0.2, 0) is 14.4 Å². The Balaban J connectivity index is 1.97. The highest BCUT2D eigenvalue weighted by atomic mass is 16.2. The number of amides is 5. The highest BCUT2D eigenvalue weighted by molar-refractivity contribution is 6.45. The third-order valence-electron chi connectivity index (χ3n) is 4.80. The Hall–Kier alpha value is -2.18. The van der Waals surface area contributed by atoms with Crippen molar-refractivity contribution in [1.82, 2.24) is 15.1 Å². The molecule has 0 aromatic carbocycles. The van der Waals surface area contributed by atoms with Crippen LogP contribution < -0.4 is 5.32 Å². The zero-order valence-corrected chi connectivity index (χ0v) is 13.6. The Morgan fingerprint density at radius 2 is 1.87 bits per heavy atom. The van der Waals surface area contributed by atoms with Gasteiger partial charge in [0, 0.05) is 12.6 Å². The smallest absolute Gasteiger partial charge is 0.335 e. The molecule has 1 aliphatic heterocycles. The van der Waals surface area contributed by atoms with Crippen molar-refractivity contribution in [1.29, 1.82) is 0 Å². The number of nitrogens with one attached hydrogen (secondary N) is 1. The lowest BCUT2D eigenvalue weighted by atomic mass is 9.78. The molecule has 0 bridgehead atoms. The average Bonchev–Trinajstić information content (AvgIpc) is 2.70. The van der Waals surface area contributed by atoms with Gasteiger partial charge < -0.3 is 5.32 Å². The summed E-state index contributed by atoms with van der Waals surface area (Å²) < 4.78 is 0. The number of rotatable bonds is 5. The van der Waals surface area contributed by atoms with Crippen molar-refractivity contribution in [3.05, 3.63) is 12.7 Å². The first-order valence-corrected chi connectivity index (χ1v) is 7.94. The van der Waals surface area contributed by atoms with Gasteiger partial charge in [0.25, 0.3) is 0 Å². The van der Waals surface area contributed by atoms with Crippen molar-refractivity contribution in [2.75, 3.05) is 13.1 Å². The van der Waals surface area contributed by atoms with Crippen LogP contribution in [0, 0.1) is 11.8 Å². The molecule has 23 heavy (non-hydrogen) atoms. The summed E-state index contributed by atoms with van der Waals surface area (Å²) in [5.74, 6) is -1.42. The number of carbonyl (C=O) groups excluding carboxylic acids is 4. The molecule has 1 aliphatic carbocycles. The van der Waals surface area contributed by atoms with E-state index in [1.54, 1.807) is 0 Å². The Morgan fingerprint density at radius 3 is 2.52 bits per heavy atom. The topological polar surface area (TPSA) is 86.8 Å². The van der Waals surface area contributed by atoms with Crippen molar-refractivity contribution >= 4 is 23.8 Å². The molecule has 126 valence electrons. The van der Waals surface area contributed by atoms with E-state index in [1.165, 1.54) is 6.08 Å². The van der Waals surface area contributed by atoms with Crippen molar-refractivity contribution in [2.45, 2.75) is 39.2 Å². The molecule has 7 heteroatoms. The largest absolute Gasteiger partial charge is 0.352 e. The highest BCUT2D eigenvalue weighted by Crippen LogP contribution is 2.29. The molecular weight excluding hydrogens is 298 g/mol. The lowest BCUT2D eigenvalue weighted by molar-refractivity contribution is -0.143. The molecule has 0 aromatic rings. The molecule has 2 aliphatic rings. The molecule has 5 amide bonds. The third kappa shape index (κ3) is 3.43. The van der Waals surface area contributed by atoms with E-state index in [0.717, 1.165) is 24.2 Å². The summed E-state index contributed by atoms with van der Waals surface area (Å²) in [6, 6.07) is -0.723. The number of carbonyl (C=O) groups is 4. The first-order valence-electron chi connectivity index (χ1n) is 7.94. The molecule has 0 unspecified atom stereocenters. The quantitative estimate of drug-likeness (QED) is 0.463. The van der Waals surface area contributed by atoms with E-state index in [1.807, 2.05) is 0 Å². The van der Waals surface area contributed by atoms with Gasteiger partial charge in [0.05, 0.1) is 0 Å². The van der Waals surface area contributed by atoms with Gasteiger partial charge in [-0.2, -0.15) is 0 Å². The standard InChI is InChI=1S/C16H23N3O4/c1-4-8-18-14(21)15(22)19(16(18)23)9-13(20)17-12-7-5-6-10(2)11(12)3/h4,10-12H,1,5-9H2,2-3H3,(H,17,20)/t10-,11+,12-/m0/s1. The Bertz CT molecular complexity index is 545. The van der Waals surface area contributed by atoms with E-state index in [9.17, 15) is 19.2 Å². The van der Waals surface area contributed by atoms with Crippen molar-refractivity contribution < 1.29 is 19.2 Å². The highest BCUT2D eigenvalue weighted by Gasteiger charge is 2.44. The minimum Gasteiger partial charge on any atom is -0.352 e. The number of urea groups is 1. The maximum absolute atomic E-state index is 12.2. The predicted octanol–water partition coefficient (Wildman–Crippen LogP) is 0.904. The Kier molecular flexibility index (Phi) is 5.18. The molecule has 2 fully saturated rings. The normalized spacial score (nSPS) is 28.3. The van der Waals surface area contributed by atoms with Crippen LogP contribution >= 0.6 is 0 Å². The van der Waals surface area contributed by atoms with Gasteiger partial charge in [0.2, 0.25) is 5.91 Å². The van der Waals surface area contributed by atoms with Crippen LogP contribution in [0.15, 0.2) is 12.7 Å². The molecule has 0 spiro atoms. The zero-order chi connectivity index (χ0) is 17.1. The van der Waals surface area contributed by atoms with Crippen molar-refractivity contribution in [3.8, 4) is 0 Å². The summed E-state index contributed by atoms with van der Waals surface area (Å²) in [6.45, 7) is 7.23. The fourth-order valence-corrected chi connectivity index (χ4v) is 3.16. The van der Waals surface area contributed by atoms with Gasteiger partial charge in [0.15, 0.2) is 0 Å². The summed E-state index contributed by atoms with van der Waals surface area (Å²) in [6.07, 6.45) is 4.43. The number of hydrogen-bond acceptors (Lipinski definition) is 4. The SMILES string of the molecule is C=CCN1C(=O)C(=O)N(CC(=O)N[C@H]2CCC[C@H](C)[C@H]2C)C1=O. The maximum Gasteiger partial charge on any atom is 0.335 e. The van der Waals surface area contributed by atoms with Crippen LogP contribution in [0.4, 0.5) is 4.79 Å². The second-order valence-corrected chi connectivity index (χ2v) is 6.32. The van der Waals surface area contributed by atoms with Crippen LogP contribution in [0.2, 0.25) is 0 Å². The maximum atomic E-state index is 12.2. The predicted molar refractivity (Wildman–Crippen MR) is 83.1 cm³/mol. The fourth-order valence-electron chi connectivity index (χ4n) is 3.16. The van der Waals surface area contributed by atoms with E-state index in [2.05, 4.69) is 25.7 Å². The molecule has 1 saturated heterocycles. The number of imide groups is 2. The van der Waals surface area contributed by atoms with Gasteiger partial charge in [-0.1, -0.05) is 32.8 Å². The second kappa shape index (κ2) is 6.93. The van der Waals surface area contributed by atoms with Crippen LogP contribution in [0.1, 0.15) is 33.1 Å². The second-order valence-electron chi connectivity index (χ2n) is 6.32. The molecule has 0 aromatic heterocycles. The lowest BCUT2D eigenvalue weighted by Gasteiger charge is -2.34. The van der Waals surface area contributed by atoms with E-state index in [4.69, 9.17) is 0 Å². The third-order valence-corrected chi connectivity index (χ3v) is 4.80. The van der Waals surface area contributed by atoms with Crippen LogP contribution in [0.3, 0.4) is 0 Å². The summed E-state index contributed by atoms with van der Waals surface area (Å²) in [5.41, 5.74) is 0. The van der Waals surface area contributed by atoms with Crippen LogP contribution in [0.5, 0.6) is 0 Å². The van der Waals surface area contributed by atoms with Gasteiger partial charge >= 0.3 is 17.8 Å². The first-order chi connectivity index (χ1) is 10.9. The Morgan fingerprint density at radius 1 is 1.22 bits per heavy atom. The summed E-state index contributed by atoms with van der Waals surface area (Å²) >= 11 is 0. The van der Waals surface area contributed by atoms with Gasteiger partial charge in [-0.15, -0.1) is 6.58 Å². The van der Waals surface area contributed by atoms with Crippen LogP contribution in [-0.4, -0.2) is 52.7 Å². The minimum absolute atomic E-state index is 0.0408. The number of nitrogens with zero attached hydrogens (tertiary/aromatic N) is 2. The van der Waals surface area contributed by atoms with Gasteiger partial charge in [-0.25, -0.2) is 9.69 Å². The first kappa shape index (κ1) is 17.2. The fraction of sp³-hybridized carbons (Fsp3) is 0.625. The summed E-state index contributed by atoms with van der Waals surface area (Å²) in [4.78, 5) is 49.3. The lowest BCUT2D eigenvalue weighted by Crippen LogP contribution is -2.48. The molecule has 1 N–H and O–H groups in total. The monoisotopic (exact) mass is 321 g/mol. The molecule has 1 heterocycles. The zero-order valence-electron chi connectivity index (χ0n) is 13.6. The van der Waals surface area contributed by atoms with E-state index in [-0.39, 0.29) is 12.6 Å². The molecule has 1 saturated carbocycles. The molecule has 0 radical (unpaired) electrons. The van der Waals surface area contributed by atoms with Gasteiger partial charge in [0.1, 0.15) is 6.54 Å².